The summed E-state index contributed by atoms with van der Waals surface area (Å²) in [6.45, 7) is 0. The Morgan fingerprint density at radius 3 is 2.41 bits per heavy atom. The van der Waals surface area contributed by atoms with Gasteiger partial charge in [-0.15, -0.1) is 0 Å². The minimum Gasteiger partial charge on any atom is -0.375 e. The molecule has 5 fully saturated rings. The Labute approximate surface area is 159 Å². The van der Waals surface area contributed by atoms with Crippen molar-refractivity contribution in [2.24, 2.45) is 11.7 Å². The van der Waals surface area contributed by atoms with Gasteiger partial charge >= 0.3 is 0 Å². The number of amides is 1. The van der Waals surface area contributed by atoms with Gasteiger partial charge in [0, 0.05) is 17.8 Å². The number of carbonyl (C=O) groups is 1. The standard InChI is InChI=1S/C20H29N5O2/c21-17(26)16-11-22-19(24-18(16)25-20-8-7-12(9-20)10-20)23-13-1-3-14(4-2-13)27-15-5-6-15/h11-15H,1-10H2,(H2,21,26)(H2,22,23,24,25). The summed E-state index contributed by atoms with van der Waals surface area (Å²) in [7, 11) is 0. The lowest BCUT2D eigenvalue weighted by Gasteiger charge is -2.40. The Morgan fingerprint density at radius 2 is 1.81 bits per heavy atom. The molecule has 6 rings (SSSR count). The molecule has 1 aromatic heterocycles. The third kappa shape index (κ3) is 3.61. The number of fused-ring (bicyclic) bond motifs is 1. The number of hydrogen-bond donors (Lipinski definition) is 3. The molecule has 5 aliphatic carbocycles. The number of nitrogens with two attached hydrogens (primary N) is 1. The third-order valence-corrected chi connectivity index (χ3v) is 6.74. The summed E-state index contributed by atoms with van der Waals surface area (Å²) in [5, 5.41) is 6.99. The highest BCUT2D eigenvalue weighted by Gasteiger charge is 2.50. The predicted molar refractivity (Wildman–Crippen MR) is 103 cm³/mol. The van der Waals surface area contributed by atoms with E-state index in [1.807, 2.05) is 0 Å². The van der Waals surface area contributed by atoms with Gasteiger partial charge in [0.1, 0.15) is 5.82 Å². The zero-order valence-corrected chi connectivity index (χ0v) is 15.7. The largest absolute Gasteiger partial charge is 0.375 e. The van der Waals surface area contributed by atoms with E-state index in [0.29, 0.717) is 35.6 Å². The molecule has 1 heterocycles. The summed E-state index contributed by atoms with van der Waals surface area (Å²) in [4.78, 5) is 20.8. The molecule has 0 aliphatic heterocycles. The van der Waals surface area contributed by atoms with Crippen LogP contribution in [0.15, 0.2) is 6.20 Å². The molecule has 0 atom stereocenters. The van der Waals surface area contributed by atoms with Crippen molar-refractivity contribution >= 4 is 17.7 Å². The molecule has 0 aromatic carbocycles. The van der Waals surface area contributed by atoms with E-state index in [1.54, 1.807) is 6.20 Å². The Hall–Kier alpha value is -1.89. The van der Waals surface area contributed by atoms with Gasteiger partial charge in [-0.25, -0.2) is 4.98 Å². The van der Waals surface area contributed by atoms with Crippen LogP contribution in [-0.2, 0) is 4.74 Å². The Morgan fingerprint density at radius 1 is 1.11 bits per heavy atom. The van der Waals surface area contributed by atoms with Crippen molar-refractivity contribution in [1.82, 2.24) is 9.97 Å². The van der Waals surface area contributed by atoms with Gasteiger partial charge in [-0.3, -0.25) is 4.79 Å². The molecule has 0 saturated heterocycles. The quantitative estimate of drug-likeness (QED) is 0.681. The van der Waals surface area contributed by atoms with Gasteiger partial charge in [0.15, 0.2) is 0 Å². The Bertz CT molecular complexity index is 716. The SMILES string of the molecule is NC(=O)c1cnc(NC2CCC(OC3CC3)CC2)nc1NC12CCC(C1)C2. The summed E-state index contributed by atoms with van der Waals surface area (Å²) in [6, 6.07) is 0.356. The number of carbonyl (C=O) groups excluding carboxylic acids is 1. The van der Waals surface area contributed by atoms with Crippen LogP contribution in [0, 0.1) is 5.92 Å². The van der Waals surface area contributed by atoms with E-state index in [4.69, 9.17) is 10.5 Å². The summed E-state index contributed by atoms with van der Waals surface area (Å²) in [5.41, 5.74) is 6.04. The molecule has 2 bridgehead atoms. The Balaban J connectivity index is 1.24. The van der Waals surface area contributed by atoms with E-state index in [2.05, 4.69) is 20.6 Å². The highest BCUT2D eigenvalue weighted by Crippen LogP contribution is 2.53. The predicted octanol–water partition coefficient (Wildman–Crippen LogP) is 2.83. The van der Waals surface area contributed by atoms with Crippen LogP contribution in [0.5, 0.6) is 0 Å². The van der Waals surface area contributed by atoms with Crippen molar-refractivity contribution in [3.63, 3.8) is 0 Å². The average Bonchev–Trinajstić information content (AvgIpc) is 3.22. The maximum atomic E-state index is 11.8. The molecule has 7 heteroatoms. The normalized spacial score (nSPS) is 34.7. The van der Waals surface area contributed by atoms with Crippen LogP contribution < -0.4 is 16.4 Å². The number of nitrogens with one attached hydrogen (secondary N) is 2. The fraction of sp³-hybridized carbons (Fsp3) is 0.750. The van der Waals surface area contributed by atoms with Crippen LogP contribution in [0.25, 0.3) is 0 Å². The van der Waals surface area contributed by atoms with E-state index in [9.17, 15) is 4.79 Å². The van der Waals surface area contributed by atoms with Crippen molar-refractivity contribution in [3.8, 4) is 0 Å². The van der Waals surface area contributed by atoms with Gasteiger partial charge in [-0.1, -0.05) is 0 Å². The third-order valence-electron chi connectivity index (χ3n) is 6.74. The zero-order chi connectivity index (χ0) is 18.4. The number of nitrogens with zero attached hydrogens (tertiary/aromatic N) is 2. The van der Waals surface area contributed by atoms with Gasteiger partial charge in [-0.05, 0) is 70.1 Å². The second-order valence-corrected chi connectivity index (χ2v) is 8.99. The fourth-order valence-electron chi connectivity index (χ4n) is 5.08. The number of rotatable bonds is 7. The molecule has 146 valence electrons. The first kappa shape index (κ1) is 17.2. The van der Waals surface area contributed by atoms with Crippen molar-refractivity contribution < 1.29 is 9.53 Å². The molecule has 5 saturated carbocycles. The topological polar surface area (TPSA) is 102 Å². The minimum absolute atomic E-state index is 0.110. The first-order chi connectivity index (χ1) is 13.1. The van der Waals surface area contributed by atoms with Crippen molar-refractivity contribution in [2.75, 3.05) is 10.6 Å². The number of primary amides is 1. The Kier molecular flexibility index (Phi) is 4.22. The maximum Gasteiger partial charge on any atom is 0.254 e. The molecule has 0 radical (unpaired) electrons. The number of aromatic nitrogens is 2. The smallest absolute Gasteiger partial charge is 0.254 e. The molecule has 1 aromatic rings. The van der Waals surface area contributed by atoms with E-state index in [1.165, 1.54) is 32.1 Å². The highest BCUT2D eigenvalue weighted by molar-refractivity contribution is 5.97. The van der Waals surface area contributed by atoms with Crippen LogP contribution in [0.4, 0.5) is 11.8 Å². The second kappa shape index (κ2) is 6.62. The first-order valence-corrected chi connectivity index (χ1v) is 10.5. The maximum absolute atomic E-state index is 11.8. The summed E-state index contributed by atoms with van der Waals surface area (Å²) in [6.07, 6.45) is 14.0. The molecular weight excluding hydrogens is 342 g/mol. The van der Waals surface area contributed by atoms with Crippen LogP contribution in [-0.4, -0.2) is 39.7 Å². The van der Waals surface area contributed by atoms with Gasteiger partial charge in [-0.2, -0.15) is 4.98 Å². The molecule has 1 amide bonds. The van der Waals surface area contributed by atoms with E-state index < -0.39 is 5.91 Å². The van der Waals surface area contributed by atoms with Gasteiger partial charge < -0.3 is 21.1 Å². The van der Waals surface area contributed by atoms with Crippen LogP contribution in [0.3, 0.4) is 0 Å². The summed E-state index contributed by atoms with van der Waals surface area (Å²) in [5.74, 6) is 1.53. The molecular formula is C20H29N5O2. The summed E-state index contributed by atoms with van der Waals surface area (Å²) >= 11 is 0. The molecule has 0 spiro atoms. The van der Waals surface area contributed by atoms with Crippen LogP contribution in [0.2, 0.25) is 0 Å². The number of ether oxygens (including phenoxy) is 1. The van der Waals surface area contributed by atoms with E-state index in [-0.39, 0.29) is 5.54 Å². The van der Waals surface area contributed by atoms with Crippen LogP contribution in [0.1, 0.15) is 74.6 Å². The number of hydrogen-bond acceptors (Lipinski definition) is 6. The van der Waals surface area contributed by atoms with Gasteiger partial charge in [0.25, 0.3) is 5.91 Å². The summed E-state index contributed by atoms with van der Waals surface area (Å²) < 4.78 is 6.03. The van der Waals surface area contributed by atoms with E-state index >= 15 is 0 Å². The molecule has 0 unspecified atom stereocenters. The van der Waals surface area contributed by atoms with Crippen LogP contribution >= 0.6 is 0 Å². The molecule has 4 N–H and O–H groups in total. The molecule has 5 aliphatic rings. The first-order valence-electron chi connectivity index (χ1n) is 10.5. The van der Waals surface area contributed by atoms with Gasteiger partial charge in [0.2, 0.25) is 5.95 Å². The van der Waals surface area contributed by atoms with E-state index in [0.717, 1.165) is 38.0 Å². The fourth-order valence-corrected chi connectivity index (χ4v) is 5.08. The molecule has 7 nitrogen and oxygen atoms in total. The van der Waals surface area contributed by atoms with Gasteiger partial charge in [0.05, 0.1) is 17.8 Å². The highest BCUT2D eigenvalue weighted by atomic mass is 16.5. The van der Waals surface area contributed by atoms with Crippen molar-refractivity contribution in [3.05, 3.63) is 11.8 Å². The average molecular weight is 371 g/mol. The lowest BCUT2D eigenvalue weighted by atomic mass is 9.77. The minimum atomic E-state index is -0.480. The zero-order valence-electron chi connectivity index (χ0n) is 15.7. The monoisotopic (exact) mass is 371 g/mol. The van der Waals surface area contributed by atoms with Crippen molar-refractivity contribution in [2.45, 2.75) is 88.0 Å². The lowest BCUT2D eigenvalue weighted by molar-refractivity contribution is 0.0146. The lowest BCUT2D eigenvalue weighted by Crippen LogP contribution is -2.43. The van der Waals surface area contributed by atoms with Crippen molar-refractivity contribution in [1.29, 1.82) is 0 Å². The second-order valence-electron chi connectivity index (χ2n) is 8.99. The number of anilines is 2. The molecule has 27 heavy (non-hydrogen) atoms.